The molecule has 0 aliphatic rings. The summed E-state index contributed by atoms with van der Waals surface area (Å²) in [4.78, 5) is 12.1. The largest absolute Gasteiger partial charge is 0.321 e. The SMILES string of the molecule is Cc1ccccc1C(=O)Nc1ccc(Cl)cc1Br. The van der Waals surface area contributed by atoms with Crippen molar-refractivity contribution in [2.75, 3.05) is 5.32 Å². The Morgan fingerprint density at radius 2 is 1.94 bits per heavy atom. The maximum atomic E-state index is 12.1. The molecule has 0 unspecified atom stereocenters. The van der Waals surface area contributed by atoms with E-state index in [4.69, 9.17) is 11.6 Å². The summed E-state index contributed by atoms with van der Waals surface area (Å²) in [5.41, 5.74) is 2.31. The lowest BCUT2D eigenvalue weighted by Crippen LogP contribution is -2.13. The fourth-order valence-electron chi connectivity index (χ4n) is 1.61. The Morgan fingerprint density at radius 1 is 1.22 bits per heavy atom. The molecule has 2 nitrogen and oxygen atoms in total. The van der Waals surface area contributed by atoms with E-state index in [0.717, 1.165) is 10.0 Å². The minimum atomic E-state index is -0.129. The highest BCUT2D eigenvalue weighted by molar-refractivity contribution is 9.10. The molecule has 92 valence electrons. The minimum Gasteiger partial charge on any atom is -0.321 e. The van der Waals surface area contributed by atoms with Gasteiger partial charge in [-0.2, -0.15) is 0 Å². The second kappa shape index (κ2) is 5.55. The third kappa shape index (κ3) is 2.92. The molecule has 2 aromatic carbocycles. The molecule has 1 N–H and O–H groups in total. The Balaban J connectivity index is 2.24. The van der Waals surface area contributed by atoms with E-state index in [1.54, 1.807) is 24.3 Å². The summed E-state index contributed by atoms with van der Waals surface area (Å²) >= 11 is 9.22. The molecule has 0 aliphatic carbocycles. The van der Waals surface area contributed by atoms with E-state index in [-0.39, 0.29) is 5.91 Å². The van der Waals surface area contributed by atoms with Crippen molar-refractivity contribution in [3.63, 3.8) is 0 Å². The predicted octanol–water partition coefficient (Wildman–Crippen LogP) is 4.66. The van der Waals surface area contributed by atoms with Crippen LogP contribution in [0.1, 0.15) is 15.9 Å². The van der Waals surface area contributed by atoms with Gasteiger partial charge in [-0.1, -0.05) is 29.8 Å². The van der Waals surface area contributed by atoms with Crippen molar-refractivity contribution in [3.8, 4) is 0 Å². The maximum Gasteiger partial charge on any atom is 0.255 e. The van der Waals surface area contributed by atoms with Crippen molar-refractivity contribution in [2.45, 2.75) is 6.92 Å². The number of rotatable bonds is 2. The first kappa shape index (κ1) is 13.1. The first-order chi connectivity index (χ1) is 8.58. The number of amides is 1. The van der Waals surface area contributed by atoms with E-state index in [2.05, 4.69) is 21.2 Å². The number of benzene rings is 2. The molecule has 0 bridgehead atoms. The first-order valence-corrected chi connectivity index (χ1v) is 6.57. The molecule has 4 heteroatoms. The fourth-order valence-corrected chi connectivity index (χ4v) is 2.39. The molecule has 0 atom stereocenters. The average molecular weight is 325 g/mol. The molecule has 1 amide bonds. The Morgan fingerprint density at radius 3 is 2.61 bits per heavy atom. The maximum absolute atomic E-state index is 12.1. The highest BCUT2D eigenvalue weighted by atomic mass is 79.9. The van der Waals surface area contributed by atoms with Crippen molar-refractivity contribution in [1.82, 2.24) is 0 Å². The van der Waals surface area contributed by atoms with Gasteiger partial charge in [0, 0.05) is 15.1 Å². The number of halogens is 2. The number of carbonyl (C=O) groups is 1. The summed E-state index contributed by atoms with van der Waals surface area (Å²) in [6, 6.07) is 12.7. The normalized spacial score (nSPS) is 10.2. The van der Waals surface area contributed by atoms with Crippen LogP contribution in [0.5, 0.6) is 0 Å². The van der Waals surface area contributed by atoms with Gasteiger partial charge in [0.25, 0.3) is 5.91 Å². The zero-order chi connectivity index (χ0) is 13.1. The van der Waals surface area contributed by atoms with Gasteiger partial charge in [-0.3, -0.25) is 4.79 Å². The van der Waals surface area contributed by atoms with E-state index in [0.29, 0.717) is 16.3 Å². The summed E-state index contributed by atoms with van der Waals surface area (Å²) in [6.45, 7) is 1.91. The van der Waals surface area contributed by atoms with Crippen LogP contribution >= 0.6 is 27.5 Å². The molecule has 0 heterocycles. The van der Waals surface area contributed by atoms with Crippen LogP contribution in [0, 0.1) is 6.92 Å². The zero-order valence-electron chi connectivity index (χ0n) is 9.71. The van der Waals surface area contributed by atoms with Gasteiger partial charge in [0.05, 0.1) is 5.69 Å². The number of anilines is 1. The lowest BCUT2D eigenvalue weighted by Gasteiger charge is -2.09. The van der Waals surface area contributed by atoms with Crippen LogP contribution in [0.4, 0.5) is 5.69 Å². The molecule has 2 aromatic rings. The quantitative estimate of drug-likeness (QED) is 0.855. The lowest BCUT2D eigenvalue weighted by molar-refractivity contribution is 0.102. The van der Waals surface area contributed by atoms with Crippen LogP contribution in [0.3, 0.4) is 0 Å². The molecule has 0 spiro atoms. The molecular formula is C14H11BrClNO. The van der Waals surface area contributed by atoms with Gasteiger partial charge in [0.15, 0.2) is 0 Å². The second-order valence-electron chi connectivity index (χ2n) is 3.89. The van der Waals surface area contributed by atoms with Gasteiger partial charge < -0.3 is 5.32 Å². The summed E-state index contributed by atoms with van der Waals surface area (Å²) in [5.74, 6) is -0.129. The third-order valence-corrected chi connectivity index (χ3v) is 3.46. The van der Waals surface area contributed by atoms with Crippen molar-refractivity contribution in [1.29, 1.82) is 0 Å². The Bertz CT molecular complexity index is 598. The van der Waals surface area contributed by atoms with Crippen molar-refractivity contribution in [3.05, 3.63) is 63.1 Å². The molecule has 0 aromatic heterocycles. The molecule has 18 heavy (non-hydrogen) atoms. The van der Waals surface area contributed by atoms with Gasteiger partial charge in [-0.25, -0.2) is 0 Å². The lowest BCUT2D eigenvalue weighted by atomic mass is 10.1. The Labute approximate surface area is 119 Å². The van der Waals surface area contributed by atoms with E-state index in [1.807, 2.05) is 25.1 Å². The predicted molar refractivity (Wildman–Crippen MR) is 78.3 cm³/mol. The van der Waals surface area contributed by atoms with Crippen LogP contribution < -0.4 is 5.32 Å². The fraction of sp³-hybridized carbons (Fsp3) is 0.0714. The highest BCUT2D eigenvalue weighted by Crippen LogP contribution is 2.26. The minimum absolute atomic E-state index is 0.129. The smallest absolute Gasteiger partial charge is 0.255 e. The molecule has 0 aliphatic heterocycles. The summed E-state index contributed by atoms with van der Waals surface area (Å²) < 4.78 is 0.761. The van der Waals surface area contributed by atoms with Gasteiger partial charge in [-0.15, -0.1) is 0 Å². The van der Waals surface area contributed by atoms with Crippen molar-refractivity contribution >= 4 is 39.1 Å². The van der Waals surface area contributed by atoms with E-state index >= 15 is 0 Å². The van der Waals surface area contributed by atoms with Crippen molar-refractivity contribution in [2.24, 2.45) is 0 Å². The average Bonchev–Trinajstić information content (AvgIpc) is 2.33. The van der Waals surface area contributed by atoms with Crippen LogP contribution in [0.15, 0.2) is 46.9 Å². The summed E-state index contributed by atoms with van der Waals surface area (Å²) in [7, 11) is 0. The molecule has 0 radical (unpaired) electrons. The topological polar surface area (TPSA) is 29.1 Å². The standard InChI is InChI=1S/C14H11BrClNO/c1-9-4-2-3-5-11(9)14(18)17-13-7-6-10(16)8-12(13)15/h2-8H,1H3,(H,17,18). The van der Waals surface area contributed by atoms with Gasteiger partial charge in [-0.05, 0) is 52.7 Å². The molecular weight excluding hydrogens is 314 g/mol. The Kier molecular flexibility index (Phi) is 4.04. The Hall–Kier alpha value is -1.32. The van der Waals surface area contributed by atoms with E-state index < -0.39 is 0 Å². The number of hydrogen-bond donors (Lipinski definition) is 1. The molecule has 0 saturated heterocycles. The van der Waals surface area contributed by atoms with Crippen LogP contribution in [0.2, 0.25) is 5.02 Å². The highest BCUT2D eigenvalue weighted by Gasteiger charge is 2.10. The number of aryl methyl sites for hydroxylation is 1. The van der Waals surface area contributed by atoms with Crippen molar-refractivity contribution < 1.29 is 4.79 Å². The molecule has 0 fully saturated rings. The number of carbonyl (C=O) groups excluding carboxylic acids is 1. The monoisotopic (exact) mass is 323 g/mol. The summed E-state index contributed by atoms with van der Waals surface area (Å²) in [5, 5.41) is 3.47. The molecule has 2 rings (SSSR count). The van der Waals surface area contributed by atoms with Gasteiger partial charge >= 0.3 is 0 Å². The first-order valence-electron chi connectivity index (χ1n) is 5.40. The zero-order valence-corrected chi connectivity index (χ0v) is 12.0. The number of nitrogens with one attached hydrogen (secondary N) is 1. The molecule has 0 saturated carbocycles. The third-order valence-electron chi connectivity index (χ3n) is 2.57. The van der Waals surface area contributed by atoms with Gasteiger partial charge in [0.1, 0.15) is 0 Å². The van der Waals surface area contributed by atoms with Gasteiger partial charge in [0.2, 0.25) is 0 Å². The van der Waals surface area contributed by atoms with E-state index in [1.165, 1.54) is 0 Å². The van der Waals surface area contributed by atoms with Crippen LogP contribution in [-0.2, 0) is 0 Å². The second-order valence-corrected chi connectivity index (χ2v) is 5.18. The number of hydrogen-bond acceptors (Lipinski definition) is 1. The van der Waals surface area contributed by atoms with Crippen LogP contribution in [-0.4, -0.2) is 5.91 Å². The van der Waals surface area contributed by atoms with Crippen LogP contribution in [0.25, 0.3) is 0 Å². The van der Waals surface area contributed by atoms with E-state index in [9.17, 15) is 4.79 Å². The summed E-state index contributed by atoms with van der Waals surface area (Å²) in [6.07, 6.45) is 0.